The highest BCUT2D eigenvalue weighted by Gasteiger charge is 2.41. The molecule has 1 amide bonds. The van der Waals surface area contributed by atoms with E-state index in [-0.39, 0.29) is 5.76 Å². The van der Waals surface area contributed by atoms with Gasteiger partial charge >= 0.3 is 12.3 Å². The van der Waals surface area contributed by atoms with Gasteiger partial charge in [0.25, 0.3) is 15.0 Å². The number of furan rings is 1. The van der Waals surface area contributed by atoms with Crippen molar-refractivity contribution >= 4 is 25.6 Å². The van der Waals surface area contributed by atoms with Gasteiger partial charge in [0, 0.05) is 16.7 Å². The number of hydrogen-bond donors (Lipinski definition) is 1. The van der Waals surface area contributed by atoms with Crippen LogP contribution < -0.4 is 5.32 Å². The van der Waals surface area contributed by atoms with Gasteiger partial charge in [0.2, 0.25) is 0 Å². The van der Waals surface area contributed by atoms with E-state index < -0.39 is 44.5 Å². The smallest absolute Gasteiger partial charge is 0.324 e. The Balaban J connectivity index is 2.85. The summed E-state index contributed by atoms with van der Waals surface area (Å²) in [6.45, 7) is -0.438. The Kier molecular flexibility index (Phi) is 4.70. The molecule has 0 aromatic carbocycles. The van der Waals surface area contributed by atoms with Crippen molar-refractivity contribution in [2.45, 2.75) is 24.2 Å². The predicted molar refractivity (Wildman–Crippen MR) is 59.8 cm³/mol. The van der Waals surface area contributed by atoms with Gasteiger partial charge < -0.3 is 9.73 Å². The van der Waals surface area contributed by atoms with Crippen molar-refractivity contribution in [2.24, 2.45) is 0 Å². The van der Waals surface area contributed by atoms with Crippen molar-refractivity contribution in [2.75, 3.05) is 6.54 Å². The molecule has 0 unspecified atom stereocenters. The molecule has 1 aromatic heterocycles. The number of amides is 1. The van der Waals surface area contributed by atoms with Gasteiger partial charge in [-0.15, -0.1) is 0 Å². The Bertz CT molecular complexity index is 613. The van der Waals surface area contributed by atoms with Crippen molar-refractivity contribution < 1.29 is 35.2 Å². The normalized spacial score (nSPS) is 12.8. The van der Waals surface area contributed by atoms with Crippen molar-refractivity contribution in [1.29, 1.82) is 0 Å². The van der Waals surface area contributed by atoms with Crippen molar-refractivity contribution in [3.8, 4) is 0 Å². The minimum atomic E-state index is -4.40. The highest BCUT2D eigenvalue weighted by Crippen LogP contribution is 2.24. The van der Waals surface area contributed by atoms with Crippen LogP contribution in [0, 0.1) is 6.92 Å². The molecule has 5 nitrogen and oxygen atoms in total. The summed E-state index contributed by atoms with van der Waals surface area (Å²) in [6, 6.07) is 0.716. The summed E-state index contributed by atoms with van der Waals surface area (Å²) in [6.07, 6.45) is -3.94. The molecule has 0 saturated heterocycles. The van der Waals surface area contributed by atoms with Gasteiger partial charge in [0.15, 0.2) is 5.76 Å². The van der Waals surface area contributed by atoms with Crippen LogP contribution in [-0.2, 0) is 9.05 Å². The SMILES string of the molecule is Cc1oc(C(=O)NCC(F)(F)C(F)F)cc1S(=O)(=O)Cl. The first-order valence-electron chi connectivity index (χ1n) is 4.94. The summed E-state index contributed by atoms with van der Waals surface area (Å²) in [5.74, 6) is -6.53. The molecule has 20 heavy (non-hydrogen) atoms. The molecule has 114 valence electrons. The Hall–Kier alpha value is -1.29. The van der Waals surface area contributed by atoms with Crippen LogP contribution in [0.4, 0.5) is 17.6 Å². The van der Waals surface area contributed by atoms with Crippen LogP contribution in [0.1, 0.15) is 16.3 Å². The lowest BCUT2D eigenvalue weighted by Gasteiger charge is -2.14. The van der Waals surface area contributed by atoms with Crippen LogP contribution in [0.2, 0.25) is 0 Å². The molecule has 0 spiro atoms. The third-order valence-corrected chi connectivity index (χ3v) is 3.59. The zero-order valence-electron chi connectivity index (χ0n) is 9.79. The zero-order chi connectivity index (χ0) is 15.7. The highest BCUT2D eigenvalue weighted by atomic mass is 35.7. The minimum absolute atomic E-state index is 0.231. The first-order valence-corrected chi connectivity index (χ1v) is 7.25. The first-order chi connectivity index (χ1) is 8.95. The molecule has 0 saturated carbocycles. The number of halogens is 5. The Morgan fingerprint density at radius 2 is 2.05 bits per heavy atom. The average molecular weight is 338 g/mol. The lowest BCUT2D eigenvalue weighted by Crippen LogP contribution is -2.41. The molecule has 1 N–H and O–H groups in total. The number of carbonyl (C=O) groups is 1. The van der Waals surface area contributed by atoms with Crippen molar-refractivity contribution in [1.82, 2.24) is 5.32 Å². The Morgan fingerprint density at radius 3 is 2.45 bits per heavy atom. The van der Waals surface area contributed by atoms with E-state index in [1.807, 2.05) is 0 Å². The molecule has 0 radical (unpaired) electrons. The van der Waals surface area contributed by atoms with E-state index in [4.69, 9.17) is 15.1 Å². The van der Waals surface area contributed by atoms with Crippen molar-refractivity contribution in [3.05, 3.63) is 17.6 Å². The van der Waals surface area contributed by atoms with E-state index in [0.717, 1.165) is 0 Å². The number of nitrogens with one attached hydrogen (secondary N) is 1. The number of hydrogen-bond acceptors (Lipinski definition) is 4. The van der Waals surface area contributed by atoms with Crippen LogP contribution in [0.3, 0.4) is 0 Å². The molecule has 0 fully saturated rings. The molecule has 0 aliphatic heterocycles. The Labute approximate surface area is 115 Å². The molecule has 0 bridgehead atoms. The summed E-state index contributed by atoms with van der Waals surface area (Å²) in [5, 5.41) is 1.51. The second kappa shape index (κ2) is 5.60. The second-order valence-electron chi connectivity index (χ2n) is 3.71. The molecule has 1 heterocycles. The number of rotatable bonds is 5. The molecule has 0 atom stereocenters. The van der Waals surface area contributed by atoms with Gasteiger partial charge in [-0.25, -0.2) is 17.2 Å². The first kappa shape index (κ1) is 16.8. The Morgan fingerprint density at radius 1 is 1.50 bits per heavy atom. The third-order valence-electron chi connectivity index (χ3n) is 2.16. The quantitative estimate of drug-likeness (QED) is 0.660. The van der Waals surface area contributed by atoms with E-state index in [2.05, 4.69) is 0 Å². The van der Waals surface area contributed by atoms with E-state index in [1.165, 1.54) is 12.2 Å². The fourth-order valence-corrected chi connectivity index (χ4v) is 2.27. The third kappa shape index (κ3) is 3.85. The lowest BCUT2D eigenvalue weighted by atomic mass is 10.3. The van der Waals surface area contributed by atoms with Gasteiger partial charge in [-0.2, -0.15) is 8.78 Å². The average Bonchev–Trinajstić information content (AvgIpc) is 2.68. The molecular formula is C9H8ClF4NO4S. The van der Waals surface area contributed by atoms with Crippen LogP contribution in [0.15, 0.2) is 15.4 Å². The molecule has 1 aromatic rings. The fourth-order valence-electron chi connectivity index (χ4n) is 1.18. The van der Waals surface area contributed by atoms with Gasteiger partial charge in [0.05, 0.1) is 6.54 Å². The molecule has 0 aliphatic carbocycles. The number of alkyl halides is 4. The largest absolute Gasteiger partial charge is 0.455 e. The summed E-state index contributed by atoms with van der Waals surface area (Å²) in [4.78, 5) is 10.9. The van der Waals surface area contributed by atoms with Crippen LogP contribution in [0.25, 0.3) is 0 Å². The minimum Gasteiger partial charge on any atom is -0.455 e. The maximum absolute atomic E-state index is 12.6. The number of carbonyl (C=O) groups excluding carboxylic acids is 1. The maximum Gasteiger partial charge on any atom is 0.324 e. The van der Waals surface area contributed by atoms with Gasteiger partial charge in [-0.3, -0.25) is 4.79 Å². The predicted octanol–water partition coefficient (Wildman–Crippen LogP) is 2.15. The van der Waals surface area contributed by atoms with E-state index >= 15 is 0 Å². The lowest BCUT2D eigenvalue weighted by molar-refractivity contribution is -0.123. The van der Waals surface area contributed by atoms with Gasteiger partial charge in [-0.1, -0.05) is 0 Å². The van der Waals surface area contributed by atoms with E-state index in [9.17, 15) is 30.8 Å². The number of aryl methyl sites for hydroxylation is 1. The summed E-state index contributed by atoms with van der Waals surface area (Å²) in [5.41, 5.74) is 0. The summed E-state index contributed by atoms with van der Waals surface area (Å²) >= 11 is 0. The summed E-state index contributed by atoms with van der Waals surface area (Å²) in [7, 11) is 0.862. The van der Waals surface area contributed by atoms with Gasteiger partial charge in [-0.05, 0) is 6.92 Å². The molecule has 1 rings (SSSR count). The second-order valence-corrected chi connectivity index (χ2v) is 6.25. The monoisotopic (exact) mass is 337 g/mol. The molecule has 0 aliphatic rings. The highest BCUT2D eigenvalue weighted by molar-refractivity contribution is 8.13. The van der Waals surface area contributed by atoms with Crippen LogP contribution in [-0.4, -0.2) is 33.2 Å². The summed E-state index contributed by atoms with van der Waals surface area (Å²) < 4.78 is 75.7. The topological polar surface area (TPSA) is 76.4 Å². The standard InChI is InChI=1S/C9H8ClF4NO4S/c1-4-6(20(10,17)18)2-5(19-4)7(16)15-3-9(13,14)8(11)12/h2,8H,3H2,1H3,(H,15,16). The van der Waals surface area contributed by atoms with Gasteiger partial charge in [0.1, 0.15) is 10.7 Å². The maximum atomic E-state index is 12.6. The molecule has 11 heteroatoms. The van der Waals surface area contributed by atoms with Crippen LogP contribution >= 0.6 is 10.7 Å². The van der Waals surface area contributed by atoms with E-state index in [0.29, 0.717) is 6.07 Å². The fraction of sp³-hybridized carbons (Fsp3) is 0.444. The molecular weight excluding hydrogens is 330 g/mol. The van der Waals surface area contributed by atoms with Crippen molar-refractivity contribution in [3.63, 3.8) is 0 Å². The zero-order valence-corrected chi connectivity index (χ0v) is 11.4. The van der Waals surface area contributed by atoms with E-state index in [1.54, 1.807) is 0 Å². The van der Waals surface area contributed by atoms with Crippen LogP contribution in [0.5, 0.6) is 0 Å².